The van der Waals surface area contributed by atoms with Crippen molar-refractivity contribution >= 4 is 34.7 Å². The van der Waals surface area contributed by atoms with Crippen molar-refractivity contribution in [1.29, 1.82) is 0 Å². The number of hydrogen-bond donors (Lipinski definition) is 3. The molecule has 1 aromatic heterocycles. The van der Waals surface area contributed by atoms with Gasteiger partial charge in [-0.3, -0.25) is 0 Å². The highest BCUT2D eigenvalue weighted by Gasteiger charge is 2.13. The number of carbonyl (C=O) groups excluding carboxylic acids is 1. The highest BCUT2D eigenvalue weighted by molar-refractivity contribution is 7.10. The topological polar surface area (TPSA) is 61.4 Å². The Morgan fingerprint density at radius 2 is 2.05 bits per heavy atom. The van der Waals surface area contributed by atoms with E-state index in [1.807, 2.05) is 18.4 Å². The van der Waals surface area contributed by atoms with Gasteiger partial charge in [-0.15, -0.1) is 11.3 Å². The number of amides is 2. The summed E-state index contributed by atoms with van der Waals surface area (Å²) < 4.78 is 0. The molecule has 0 saturated carbocycles. The Kier molecular flexibility index (Phi) is 5.00. The summed E-state index contributed by atoms with van der Waals surface area (Å²) in [5, 5.41) is 17.8. The zero-order chi connectivity index (χ0) is 14.5. The van der Waals surface area contributed by atoms with Crippen LogP contribution in [0, 0.1) is 6.92 Å². The van der Waals surface area contributed by atoms with Crippen molar-refractivity contribution in [3.05, 3.63) is 51.2 Å². The molecule has 2 amide bonds. The first-order valence-corrected chi connectivity index (χ1v) is 7.34. The van der Waals surface area contributed by atoms with E-state index in [9.17, 15) is 9.90 Å². The number of benzene rings is 1. The minimum Gasteiger partial charge on any atom is -0.386 e. The molecule has 0 aliphatic carbocycles. The van der Waals surface area contributed by atoms with Crippen molar-refractivity contribution < 1.29 is 9.90 Å². The van der Waals surface area contributed by atoms with E-state index < -0.39 is 6.10 Å². The highest BCUT2D eigenvalue weighted by atomic mass is 35.5. The molecule has 0 bridgehead atoms. The molecule has 1 aromatic carbocycles. The number of urea groups is 1. The van der Waals surface area contributed by atoms with Crippen LogP contribution >= 0.6 is 22.9 Å². The number of rotatable bonds is 4. The van der Waals surface area contributed by atoms with Crippen LogP contribution in [0.25, 0.3) is 0 Å². The third kappa shape index (κ3) is 3.96. The zero-order valence-electron chi connectivity index (χ0n) is 10.9. The first kappa shape index (κ1) is 14.8. The fraction of sp³-hybridized carbons (Fsp3) is 0.214. The molecule has 106 valence electrons. The fourth-order valence-electron chi connectivity index (χ4n) is 1.72. The molecule has 2 aromatic rings. The number of nitrogens with one attached hydrogen (secondary N) is 2. The average molecular weight is 311 g/mol. The maximum absolute atomic E-state index is 11.7. The molecular formula is C14H15ClN2O2S. The van der Waals surface area contributed by atoms with Crippen molar-refractivity contribution in [2.24, 2.45) is 0 Å². The SMILES string of the molecule is Cc1ccsc1C(O)CNC(=O)Nc1ccc(Cl)cc1. The third-order valence-corrected chi connectivity index (χ3v) is 4.13. The number of aliphatic hydroxyl groups is 1. The number of carbonyl (C=O) groups is 1. The maximum Gasteiger partial charge on any atom is 0.319 e. The van der Waals surface area contributed by atoms with E-state index in [0.717, 1.165) is 10.4 Å². The molecule has 0 spiro atoms. The largest absolute Gasteiger partial charge is 0.386 e. The summed E-state index contributed by atoms with van der Waals surface area (Å²) in [5.41, 5.74) is 1.68. The van der Waals surface area contributed by atoms with E-state index in [0.29, 0.717) is 10.7 Å². The van der Waals surface area contributed by atoms with Crippen LogP contribution in [0.4, 0.5) is 10.5 Å². The smallest absolute Gasteiger partial charge is 0.319 e. The predicted octanol–water partition coefficient (Wildman–Crippen LogP) is 3.57. The van der Waals surface area contributed by atoms with Gasteiger partial charge >= 0.3 is 6.03 Å². The lowest BCUT2D eigenvalue weighted by atomic mass is 10.2. The fourth-order valence-corrected chi connectivity index (χ4v) is 2.76. The first-order chi connectivity index (χ1) is 9.56. The lowest BCUT2D eigenvalue weighted by Gasteiger charge is -2.12. The monoisotopic (exact) mass is 310 g/mol. The summed E-state index contributed by atoms with van der Waals surface area (Å²) >= 11 is 7.24. The number of aliphatic hydroxyl groups excluding tert-OH is 1. The molecule has 0 fully saturated rings. The number of hydrogen-bond acceptors (Lipinski definition) is 3. The lowest BCUT2D eigenvalue weighted by Crippen LogP contribution is -2.32. The molecule has 6 heteroatoms. The standard InChI is InChI=1S/C14H15ClN2O2S/c1-9-6-7-20-13(9)12(18)8-16-14(19)17-11-4-2-10(15)3-5-11/h2-7,12,18H,8H2,1H3,(H2,16,17,19). The van der Waals surface area contributed by atoms with Crippen LogP contribution in [0.1, 0.15) is 16.5 Å². The molecule has 1 heterocycles. The van der Waals surface area contributed by atoms with E-state index in [1.165, 1.54) is 11.3 Å². The normalized spacial score (nSPS) is 11.9. The van der Waals surface area contributed by atoms with Gasteiger partial charge in [0.25, 0.3) is 0 Å². The molecule has 0 aliphatic rings. The van der Waals surface area contributed by atoms with Gasteiger partial charge in [-0.2, -0.15) is 0 Å². The third-order valence-electron chi connectivity index (χ3n) is 2.76. The van der Waals surface area contributed by atoms with Gasteiger partial charge in [0.2, 0.25) is 0 Å². The summed E-state index contributed by atoms with van der Waals surface area (Å²) in [4.78, 5) is 12.6. The summed E-state index contributed by atoms with van der Waals surface area (Å²) in [6.45, 7) is 2.10. The molecule has 4 nitrogen and oxygen atoms in total. The van der Waals surface area contributed by atoms with Gasteiger partial charge < -0.3 is 15.7 Å². The average Bonchev–Trinajstić information content (AvgIpc) is 2.85. The second-order valence-corrected chi connectivity index (χ2v) is 5.71. The van der Waals surface area contributed by atoms with Crippen LogP contribution in [-0.4, -0.2) is 17.7 Å². The molecule has 1 atom stereocenters. The van der Waals surface area contributed by atoms with Gasteiger partial charge in [-0.25, -0.2) is 4.79 Å². The second-order valence-electron chi connectivity index (χ2n) is 4.33. The van der Waals surface area contributed by atoms with E-state index in [-0.39, 0.29) is 12.6 Å². The van der Waals surface area contributed by atoms with Gasteiger partial charge in [-0.05, 0) is 48.2 Å². The van der Waals surface area contributed by atoms with Gasteiger partial charge in [0.15, 0.2) is 0 Å². The quantitative estimate of drug-likeness (QED) is 0.808. The van der Waals surface area contributed by atoms with Gasteiger partial charge in [-0.1, -0.05) is 11.6 Å². The Bertz CT molecular complexity index is 583. The second kappa shape index (κ2) is 6.74. The molecule has 1 unspecified atom stereocenters. The zero-order valence-corrected chi connectivity index (χ0v) is 12.5. The lowest BCUT2D eigenvalue weighted by molar-refractivity contribution is 0.178. The van der Waals surface area contributed by atoms with Crippen molar-refractivity contribution in [2.45, 2.75) is 13.0 Å². The molecule has 0 saturated heterocycles. The molecule has 3 N–H and O–H groups in total. The van der Waals surface area contributed by atoms with Gasteiger partial charge in [0, 0.05) is 15.6 Å². The Morgan fingerprint density at radius 1 is 1.35 bits per heavy atom. The van der Waals surface area contributed by atoms with Crippen LogP contribution < -0.4 is 10.6 Å². The highest BCUT2D eigenvalue weighted by Crippen LogP contribution is 2.23. The Balaban J connectivity index is 1.83. The number of halogens is 1. The summed E-state index contributed by atoms with van der Waals surface area (Å²) in [6, 6.07) is 8.39. The molecule has 2 rings (SSSR count). The summed E-state index contributed by atoms with van der Waals surface area (Å²) in [7, 11) is 0. The summed E-state index contributed by atoms with van der Waals surface area (Å²) in [6.07, 6.45) is -0.689. The van der Waals surface area contributed by atoms with Crippen LogP contribution in [0.15, 0.2) is 35.7 Å². The van der Waals surface area contributed by atoms with Gasteiger partial charge in [0.05, 0.1) is 6.54 Å². The minimum absolute atomic E-state index is 0.167. The predicted molar refractivity (Wildman–Crippen MR) is 82.5 cm³/mol. The van der Waals surface area contributed by atoms with E-state index in [1.54, 1.807) is 24.3 Å². The van der Waals surface area contributed by atoms with Crippen molar-refractivity contribution in [2.75, 3.05) is 11.9 Å². The first-order valence-electron chi connectivity index (χ1n) is 6.08. The number of aryl methyl sites for hydroxylation is 1. The maximum atomic E-state index is 11.7. The molecular weight excluding hydrogens is 296 g/mol. The Labute approximate surface area is 126 Å². The molecule has 20 heavy (non-hydrogen) atoms. The van der Waals surface area contributed by atoms with Crippen molar-refractivity contribution in [1.82, 2.24) is 5.32 Å². The van der Waals surface area contributed by atoms with Crippen molar-refractivity contribution in [3.63, 3.8) is 0 Å². The minimum atomic E-state index is -0.689. The Morgan fingerprint density at radius 3 is 2.65 bits per heavy atom. The van der Waals surface area contributed by atoms with E-state index in [2.05, 4.69) is 10.6 Å². The summed E-state index contributed by atoms with van der Waals surface area (Å²) in [5.74, 6) is 0. The van der Waals surface area contributed by atoms with E-state index >= 15 is 0 Å². The van der Waals surface area contributed by atoms with Crippen LogP contribution in [0.5, 0.6) is 0 Å². The van der Waals surface area contributed by atoms with Crippen molar-refractivity contribution in [3.8, 4) is 0 Å². The molecule has 0 radical (unpaired) electrons. The van der Waals surface area contributed by atoms with Gasteiger partial charge in [0.1, 0.15) is 6.10 Å². The van der Waals surface area contributed by atoms with Crippen LogP contribution in [0.2, 0.25) is 5.02 Å². The number of thiophene rings is 1. The van der Waals surface area contributed by atoms with E-state index in [4.69, 9.17) is 11.6 Å². The Hall–Kier alpha value is -1.56. The number of anilines is 1. The van der Waals surface area contributed by atoms with Crippen LogP contribution in [0.3, 0.4) is 0 Å². The van der Waals surface area contributed by atoms with Crippen LogP contribution in [-0.2, 0) is 0 Å². The molecule has 0 aliphatic heterocycles.